The van der Waals surface area contributed by atoms with Gasteiger partial charge in [-0.1, -0.05) is 0 Å². The highest BCUT2D eigenvalue weighted by Crippen LogP contribution is 2.43. The van der Waals surface area contributed by atoms with Crippen LogP contribution >= 0.6 is 6.72 Å². The lowest BCUT2D eigenvalue weighted by atomic mass is 10.2. The standard InChI is InChI=1S/C8H10NO5PS/c1-13-15(12,16)14-6-7-2-4-8(5-3-7)9(10)11/h2-5H,6H2,1H3,(H,12,16). The molecule has 0 aromatic heterocycles. The van der Waals surface area contributed by atoms with Gasteiger partial charge in [0.25, 0.3) is 5.69 Å². The largest absolute Gasteiger partial charge is 0.324 e. The van der Waals surface area contributed by atoms with E-state index in [0.717, 1.165) is 0 Å². The van der Waals surface area contributed by atoms with E-state index >= 15 is 0 Å². The summed E-state index contributed by atoms with van der Waals surface area (Å²) in [5, 5.41) is 10.4. The van der Waals surface area contributed by atoms with Crippen molar-refractivity contribution in [3.63, 3.8) is 0 Å². The van der Waals surface area contributed by atoms with E-state index in [9.17, 15) is 15.0 Å². The van der Waals surface area contributed by atoms with E-state index in [1.807, 2.05) is 0 Å². The fourth-order valence-electron chi connectivity index (χ4n) is 0.923. The molecule has 16 heavy (non-hydrogen) atoms. The van der Waals surface area contributed by atoms with Gasteiger partial charge in [-0.3, -0.25) is 10.1 Å². The second kappa shape index (κ2) is 5.47. The number of hydrogen-bond acceptors (Lipinski definition) is 5. The zero-order chi connectivity index (χ0) is 12.2. The average molecular weight is 263 g/mol. The molecule has 8 heteroatoms. The third-order valence-corrected chi connectivity index (χ3v) is 3.45. The molecule has 0 bridgehead atoms. The van der Waals surface area contributed by atoms with Gasteiger partial charge in [0.05, 0.1) is 11.5 Å². The lowest BCUT2D eigenvalue weighted by Gasteiger charge is -2.12. The highest BCUT2D eigenvalue weighted by molar-refractivity contribution is 8.07. The first-order chi connectivity index (χ1) is 7.44. The van der Waals surface area contributed by atoms with Gasteiger partial charge in [-0.05, 0) is 29.5 Å². The van der Waals surface area contributed by atoms with Gasteiger partial charge in [-0.25, -0.2) is 0 Å². The lowest BCUT2D eigenvalue weighted by Crippen LogP contribution is -1.93. The predicted molar refractivity (Wildman–Crippen MR) is 61.4 cm³/mol. The minimum atomic E-state index is -3.17. The van der Waals surface area contributed by atoms with Gasteiger partial charge in [-0.2, -0.15) is 0 Å². The summed E-state index contributed by atoms with van der Waals surface area (Å²) in [5.41, 5.74) is 0.671. The lowest BCUT2D eigenvalue weighted by molar-refractivity contribution is -0.384. The Hall–Kier alpha value is -0.850. The van der Waals surface area contributed by atoms with Gasteiger partial charge in [0.1, 0.15) is 0 Å². The molecule has 1 rings (SSSR count). The molecule has 0 aliphatic rings. The van der Waals surface area contributed by atoms with Gasteiger partial charge < -0.3 is 13.9 Å². The van der Waals surface area contributed by atoms with Gasteiger partial charge in [-0.15, -0.1) is 0 Å². The van der Waals surface area contributed by atoms with E-state index in [0.29, 0.717) is 5.56 Å². The highest BCUT2D eigenvalue weighted by atomic mass is 32.5. The smallest absolute Gasteiger partial charge is 0.324 e. The molecule has 0 aliphatic heterocycles. The van der Waals surface area contributed by atoms with Crippen LogP contribution in [0.15, 0.2) is 24.3 Å². The van der Waals surface area contributed by atoms with Crippen molar-refractivity contribution >= 4 is 24.2 Å². The Balaban J connectivity index is 2.63. The number of nitrogens with zero attached hydrogens (tertiary/aromatic N) is 1. The summed E-state index contributed by atoms with van der Waals surface area (Å²) in [6.07, 6.45) is 0. The number of non-ortho nitro benzene ring substituents is 1. The van der Waals surface area contributed by atoms with Crippen molar-refractivity contribution in [3.8, 4) is 0 Å². The number of nitro groups is 1. The van der Waals surface area contributed by atoms with Crippen LogP contribution in [0.5, 0.6) is 0 Å². The van der Waals surface area contributed by atoms with Crippen LogP contribution in [0.25, 0.3) is 0 Å². The Kier molecular flexibility index (Phi) is 4.52. The minimum Gasteiger partial charge on any atom is -0.324 e. The van der Waals surface area contributed by atoms with E-state index in [1.165, 1.54) is 31.4 Å². The first-order valence-electron chi connectivity index (χ1n) is 4.21. The van der Waals surface area contributed by atoms with Crippen molar-refractivity contribution < 1.29 is 18.9 Å². The summed E-state index contributed by atoms with van der Waals surface area (Å²) in [6.45, 7) is -3.12. The van der Waals surface area contributed by atoms with Crippen LogP contribution in [-0.4, -0.2) is 16.9 Å². The highest BCUT2D eigenvalue weighted by Gasteiger charge is 2.12. The first-order valence-corrected chi connectivity index (χ1v) is 6.80. The van der Waals surface area contributed by atoms with Crippen LogP contribution in [0.2, 0.25) is 0 Å². The summed E-state index contributed by atoms with van der Waals surface area (Å²) >= 11 is 4.63. The van der Waals surface area contributed by atoms with E-state index in [4.69, 9.17) is 4.52 Å². The fraction of sp³-hybridized carbons (Fsp3) is 0.250. The predicted octanol–water partition coefficient (Wildman–Crippen LogP) is 1.97. The van der Waals surface area contributed by atoms with Gasteiger partial charge in [0.15, 0.2) is 0 Å². The van der Waals surface area contributed by atoms with E-state index < -0.39 is 11.6 Å². The number of nitro benzene ring substituents is 1. The maximum Gasteiger partial charge on any atom is 0.324 e. The summed E-state index contributed by atoms with van der Waals surface area (Å²) in [4.78, 5) is 19.2. The molecule has 1 unspecified atom stereocenters. The normalized spacial score (nSPS) is 14.4. The molecule has 1 N–H and O–H groups in total. The second-order valence-corrected chi connectivity index (χ2v) is 5.79. The number of benzene rings is 1. The Morgan fingerprint density at radius 2 is 2.06 bits per heavy atom. The van der Waals surface area contributed by atoms with Crippen molar-refractivity contribution in [1.29, 1.82) is 0 Å². The maximum atomic E-state index is 10.4. The molecule has 0 amide bonds. The molecule has 0 spiro atoms. The zero-order valence-corrected chi connectivity index (χ0v) is 10.1. The van der Waals surface area contributed by atoms with Crippen molar-refractivity contribution in [2.75, 3.05) is 7.11 Å². The third kappa shape index (κ3) is 3.96. The molecular formula is C8H10NO5PS. The minimum absolute atomic E-state index is 0.000998. The van der Waals surface area contributed by atoms with Crippen LogP contribution in [0.4, 0.5) is 5.69 Å². The monoisotopic (exact) mass is 263 g/mol. The van der Waals surface area contributed by atoms with Crippen LogP contribution in [0.3, 0.4) is 0 Å². The average Bonchev–Trinajstić information content (AvgIpc) is 2.27. The van der Waals surface area contributed by atoms with Crippen LogP contribution < -0.4 is 0 Å². The molecule has 0 fully saturated rings. The molecule has 1 aromatic rings. The van der Waals surface area contributed by atoms with Gasteiger partial charge >= 0.3 is 6.72 Å². The summed E-state index contributed by atoms with van der Waals surface area (Å²) in [6, 6.07) is 5.77. The van der Waals surface area contributed by atoms with Crippen LogP contribution in [0.1, 0.15) is 5.56 Å². The summed E-state index contributed by atoms with van der Waals surface area (Å²) < 4.78 is 9.53. The van der Waals surface area contributed by atoms with E-state index in [2.05, 4.69) is 16.3 Å². The Morgan fingerprint density at radius 3 is 2.50 bits per heavy atom. The first kappa shape index (κ1) is 13.2. The summed E-state index contributed by atoms with van der Waals surface area (Å²) in [7, 11) is 1.26. The quantitative estimate of drug-likeness (QED) is 0.497. The Morgan fingerprint density at radius 1 is 1.50 bits per heavy atom. The molecule has 0 heterocycles. The molecule has 0 radical (unpaired) electrons. The van der Waals surface area contributed by atoms with Crippen LogP contribution in [-0.2, 0) is 27.5 Å². The van der Waals surface area contributed by atoms with Gasteiger partial charge in [0, 0.05) is 19.2 Å². The van der Waals surface area contributed by atoms with Gasteiger partial charge in [0.2, 0.25) is 0 Å². The topological polar surface area (TPSA) is 81.8 Å². The maximum absolute atomic E-state index is 10.4. The molecule has 0 saturated heterocycles. The molecule has 0 saturated carbocycles. The van der Waals surface area contributed by atoms with E-state index in [-0.39, 0.29) is 12.3 Å². The molecule has 88 valence electrons. The molecular weight excluding hydrogens is 253 g/mol. The van der Waals surface area contributed by atoms with E-state index in [1.54, 1.807) is 0 Å². The molecule has 6 nitrogen and oxygen atoms in total. The third-order valence-electron chi connectivity index (χ3n) is 1.77. The Bertz CT molecular complexity index is 421. The second-order valence-electron chi connectivity index (χ2n) is 2.85. The SMILES string of the molecule is COP(O)(=S)OCc1ccc([N+](=O)[O-])cc1. The Labute approximate surface area is 97.2 Å². The summed E-state index contributed by atoms with van der Waals surface area (Å²) in [5.74, 6) is 0. The number of rotatable bonds is 5. The van der Waals surface area contributed by atoms with Crippen molar-refractivity contribution in [3.05, 3.63) is 39.9 Å². The fourth-order valence-corrected chi connectivity index (χ4v) is 1.50. The zero-order valence-electron chi connectivity index (χ0n) is 8.40. The number of hydrogen-bond donors (Lipinski definition) is 1. The van der Waals surface area contributed by atoms with Crippen molar-refractivity contribution in [2.24, 2.45) is 0 Å². The molecule has 1 atom stereocenters. The van der Waals surface area contributed by atoms with Crippen molar-refractivity contribution in [1.82, 2.24) is 0 Å². The van der Waals surface area contributed by atoms with Crippen molar-refractivity contribution in [2.45, 2.75) is 6.61 Å². The molecule has 1 aromatic carbocycles. The van der Waals surface area contributed by atoms with Crippen LogP contribution in [0, 0.1) is 10.1 Å². The molecule has 0 aliphatic carbocycles.